The van der Waals surface area contributed by atoms with Gasteiger partial charge in [0.05, 0.1) is 0 Å². The van der Waals surface area contributed by atoms with Crippen molar-refractivity contribution in [2.75, 3.05) is 52.6 Å². The highest BCUT2D eigenvalue weighted by molar-refractivity contribution is 7.00. The van der Waals surface area contributed by atoms with Gasteiger partial charge in [-0.2, -0.15) is 0 Å². The van der Waals surface area contributed by atoms with Crippen molar-refractivity contribution in [3.63, 3.8) is 0 Å². The molecule has 0 bridgehead atoms. The molecule has 8 N–H and O–H groups in total. The molecule has 0 saturated carbocycles. The third-order valence-electron chi connectivity index (χ3n) is 6.35. The number of benzene rings is 2. The molecular weight excluding hydrogens is 573 g/mol. The fourth-order valence-electron chi connectivity index (χ4n) is 4.47. The molecule has 0 fully saturated rings. The maximum Gasteiger partial charge on any atom is 0.492 e. The van der Waals surface area contributed by atoms with Crippen molar-refractivity contribution >= 4 is 36.5 Å². The minimum Gasteiger partial charge on any atom is -0.387 e. The van der Waals surface area contributed by atoms with Crippen LogP contribution in [-0.4, -0.2) is 78.8 Å². The molecule has 0 radical (unpaired) electrons. The van der Waals surface area contributed by atoms with Crippen LogP contribution in [-0.2, 0) is 25.9 Å². The standard InChI is InChI=1S/C28H52N4O6Si3/c1-3-33-39(25-13-21-31,35-23-11-19-29)37-41(27-15-7-5-8-16-27,28-17-9-6-10-18-28)38-40(34-4-2,26-14-22-32)36-24-12-20-30/h5-10,15-18H,3-4,11-14,19-26,29-32H2,1-2H3. The predicted molar refractivity (Wildman–Crippen MR) is 171 cm³/mol. The molecule has 232 valence electrons. The van der Waals surface area contributed by atoms with Gasteiger partial charge in [-0.25, -0.2) is 0 Å². The van der Waals surface area contributed by atoms with Crippen LogP contribution in [0, 0.1) is 0 Å². The van der Waals surface area contributed by atoms with Crippen LogP contribution in [0.1, 0.15) is 39.5 Å². The minimum absolute atomic E-state index is 0.412. The zero-order valence-corrected chi connectivity index (χ0v) is 27.9. The summed E-state index contributed by atoms with van der Waals surface area (Å²) in [5.41, 5.74) is 23.7. The molecule has 2 unspecified atom stereocenters. The number of hydrogen-bond acceptors (Lipinski definition) is 10. The lowest BCUT2D eigenvalue weighted by molar-refractivity contribution is 0.0785. The number of hydrogen-bond donors (Lipinski definition) is 4. The van der Waals surface area contributed by atoms with Gasteiger partial charge in [0.2, 0.25) is 0 Å². The summed E-state index contributed by atoms with van der Waals surface area (Å²) >= 11 is 0. The van der Waals surface area contributed by atoms with Crippen LogP contribution >= 0.6 is 0 Å². The quantitative estimate of drug-likeness (QED) is 0.0999. The van der Waals surface area contributed by atoms with Crippen molar-refractivity contribution in [2.45, 2.75) is 51.6 Å². The Morgan fingerprint density at radius 3 is 1.20 bits per heavy atom. The van der Waals surface area contributed by atoms with E-state index >= 15 is 0 Å². The van der Waals surface area contributed by atoms with E-state index in [0.29, 0.717) is 90.4 Å². The Bertz CT molecular complexity index is 864. The summed E-state index contributed by atoms with van der Waals surface area (Å²) in [6.07, 6.45) is 2.71. The molecule has 41 heavy (non-hydrogen) atoms. The van der Waals surface area contributed by atoms with E-state index in [1.807, 2.05) is 74.5 Å². The average Bonchev–Trinajstić information content (AvgIpc) is 3.00. The summed E-state index contributed by atoms with van der Waals surface area (Å²) in [5.74, 6) is 0. The highest BCUT2D eigenvalue weighted by atomic mass is 28.5. The highest BCUT2D eigenvalue weighted by Crippen LogP contribution is 2.30. The van der Waals surface area contributed by atoms with Gasteiger partial charge in [0.25, 0.3) is 0 Å². The predicted octanol–water partition coefficient (Wildman–Crippen LogP) is 1.66. The normalized spacial score (nSPS) is 15.0. The van der Waals surface area contributed by atoms with E-state index in [1.165, 1.54) is 0 Å². The van der Waals surface area contributed by atoms with E-state index in [-0.39, 0.29) is 0 Å². The lowest BCUT2D eigenvalue weighted by Gasteiger charge is -2.44. The Morgan fingerprint density at radius 2 is 0.878 bits per heavy atom. The van der Waals surface area contributed by atoms with Crippen LogP contribution in [0.25, 0.3) is 0 Å². The zero-order chi connectivity index (χ0) is 29.9. The lowest BCUT2D eigenvalue weighted by atomic mass is 10.4. The second-order valence-corrected chi connectivity index (χ2v) is 18.5. The topological polar surface area (TPSA) is 159 Å². The van der Waals surface area contributed by atoms with Crippen molar-refractivity contribution in [3.05, 3.63) is 60.7 Å². The van der Waals surface area contributed by atoms with Gasteiger partial charge in [-0.1, -0.05) is 60.7 Å². The Labute approximate surface area is 249 Å². The molecular formula is C28H52N4O6Si3. The van der Waals surface area contributed by atoms with Gasteiger partial charge in [0.15, 0.2) is 0 Å². The van der Waals surface area contributed by atoms with E-state index in [9.17, 15) is 0 Å². The zero-order valence-electron chi connectivity index (χ0n) is 24.9. The molecule has 0 aliphatic heterocycles. The summed E-state index contributed by atoms with van der Waals surface area (Å²) < 4.78 is 40.9. The summed E-state index contributed by atoms with van der Waals surface area (Å²) in [4.78, 5) is 0. The molecule has 0 heterocycles. The van der Waals surface area contributed by atoms with E-state index in [2.05, 4.69) is 0 Å². The first-order chi connectivity index (χ1) is 20.0. The first kappa shape index (κ1) is 35.9. The van der Waals surface area contributed by atoms with Gasteiger partial charge < -0.3 is 48.9 Å². The number of rotatable bonds is 24. The van der Waals surface area contributed by atoms with Gasteiger partial charge in [-0.05, 0) is 76.1 Å². The van der Waals surface area contributed by atoms with Crippen LogP contribution in [0.15, 0.2) is 60.7 Å². The van der Waals surface area contributed by atoms with Crippen LogP contribution in [0.5, 0.6) is 0 Å². The first-order valence-electron chi connectivity index (χ1n) is 14.9. The molecule has 2 atom stereocenters. The smallest absolute Gasteiger partial charge is 0.387 e. The molecule has 2 aromatic rings. The molecule has 0 aliphatic carbocycles. The Morgan fingerprint density at radius 1 is 0.512 bits per heavy atom. The maximum absolute atomic E-state index is 7.41. The second kappa shape index (κ2) is 19.8. The molecule has 2 rings (SSSR count). The fourth-order valence-corrected chi connectivity index (χ4v) is 17.6. The second-order valence-electron chi connectivity index (χ2n) is 9.55. The average molecular weight is 625 g/mol. The molecule has 0 aromatic heterocycles. The molecule has 0 aliphatic rings. The van der Waals surface area contributed by atoms with Crippen molar-refractivity contribution in [1.82, 2.24) is 0 Å². The lowest BCUT2D eigenvalue weighted by Crippen LogP contribution is -2.73. The van der Waals surface area contributed by atoms with Crippen LogP contribution in [0.3, 0.4) is 0 Å². The minimum atomic E-state index is -3.63. The Hall–Kier alpha value is -1.31. The monoisotopic (exact) mass is 624 g/mol. The van der Waals surface area contributed by atoms with Crippen LogP contribution in [0.2, 0.25) is 12.1 Å². The summed E-state index contributed by atoms with van der Waals surface area (Å²) in [5, 5.41) is 1.81. The van der Waals surface area contributed by atoms with Crippen LogP contribution < -0.4 is 33.3 Å². The van der Waals surface area contributed by atoms with Crippen molar-refractivity contribution in [2.24, 2.45) is 22.9 Å². The van der Waals surface area contributed by atoms with Gasteiger partial charge in [-0.3, -0.25) is 0 Å². The molecule has 0 saturated heterocycles. The van der Waals surface area contributed by atoms with Crippen molar-refractivity contribution in [3.8, 4) is 0 Å². The van der Waals surface area contributed by atoms with Crippen molar-refractivity contribution in [1.29, 1.82) is 0 Å². The maximum atomic E-state index is 7.41. The van der Waals surface area contributed by atoms with Gasteiger partial charge >= 0.3 is 26.2 Å². The summed E-state index contributed by atoms with van der Waals surface area (Å²) in [7, 11) is -10.4. The molecule has 13 heteroatoms. The molecule has 0 spiro atoms. The van der Waals surface area contributed by atoms with E-state index in [4.69, 9.17) is 48.9 Å². The summed E-state index contributed by atoms with van der Waals surface area (Å²) in [6.45, 7) is 7.52. The fraction of sp³-hybridized carbons (Fsp3) is 0.571. The van der Waals surface area contributed by atoms with Gasteiger partial charge in [0.1, 0.15) is 0 Å². The van der Waals surface area contributed by atoms with Crippen LogP contribution in [0.4, 0.5) is 0 Å². The highest BCUT2D eigenvalue weighted by Gasteiger charge is 2.59. The Balaban J connectivity index is 2.84. The molecule has 2 aromatic carbocycles. The van der Waals surface area contributed by atoms with E-state index in [0.717, 1.165) is 10.4 Å². The van der Waals surface area contributed by atoms with Gasteiger partial charge in [0, 0.05) is 38.5 Å². The third kappa shape index (κ3) is 11.0. The van der Waals surface area contributed by atoms with Crippen molar-refractivity contribution < 1.29 is 25.9 Å². The van der Waals surface area contributed by atoms with E-state index < -0.39 is 26.2 Å². The summed E-state index contributed by atoms with van der Waals surface area (Å²) in [6, 6.07) is 21.2. The largest absolute Gasteiger partial charge is 0.492 e. The number of nitrogens with two attached hydrogens (primary N) is 4. The van der Waals surface area contributed by atoms with E-state index in [1.54, 1.807) is 0 Å². The van der Waals surface area contributed by atoms with Gasteiger partial charge in [-0.15, -0.1) is 0 Å². The molecule has 10 nitrogen and oxygen atoms in total. The molecule has 0 amide bonds. The Kier molecular flexibility index (Phi) is 17.3. The first-order valence-corrected chi connectivity index (χ1v) is 20.5. The third-order valence-corrected chi connectivity index (χ3v) is 18.0. The SMILES string of the molecule is CCO[Si](CCCN)(OCCCN)O[Si](O[Si](CCCN)(OCC)OCCCN)(c1ccccc1)c1ccccc1.